The van der Waals surface area contributed by atoms with Crippen molar-refractivity contribution >= 4 is 36.0 Å². The lowest BCUT2D eigenvalue weighted by Gasteiger charge is -2.23. The first-order chi connectivity index (χ1) is 24.8. The molecule has 12 nitrogen and oxygen atoms in total. The molecule has 1 aliphatic carbocycles. The lowest BCUT2D eigenvalue weighted by atomic mass is 10.0. The molecule has 1 aromatic carbocycles. The van der Waals surface area contributed by atoms with Gasteiger partial charge < -0.3 is 38.7 Å². The Morgan fingerprint density at radius 1 is 0.980 bits per heavy atom. The maximum Gasteiger partial charge on any atom is 0.228 e. The van der Waals surface area contributed by atoms with E-state index >= 15 is 0 Å². The van der Waals surface area contributed by atoms with E-state index in [1.54, 1.807) is 18.6 Å². The minimum atomic E-state index is -1.27. The summed E-state index contributed by atoms with van der Waals surface area (Å²) in [5, 5.41) is 14.4. The van der Waals surface area contributed by atoms with Crippen molar-refractivity contribution < 1.29 is 28.8 Å². The molecule has 270 valence electrons. The Morgan fingerprint density at radius 3 is 2.69 bits per heavy atom. The van der Waals surface area contributed by atoms with Crippen LogP contribution in [0.3, 0.4) is 0 Å². The van der Waals surface area contributed by atoms with Crippen molar-refractivity contribution in [3.63, 3.8) is 0 Å². The van der Waals surface area contributed by atoms with Gasteiger partial charge in [0.2, 0.25) is 11.8 Å². The molecule has 1 unspecified atom stereocenters. The van der Waals surface area contributed by atoms with E-state index in [1.807, 2.05) is 18.2 Å². The quantitative estimate of drug-likeness (QED) is 0.0760. The van der Waals surface area contributed by atoms with Crippen molar-refractivity contribution in [2.45, 2.75) is 77.4 Å². The van der Waals surface area contributed by atoms with Crippen LogP contribution in [0.15, 0.2) is 55.1 Å². The van der Waals surface area contributed by atoms with Crippen molar-refractivity contribution in [2.24, 2.45) is 5.92 Å². The number of fused-ring (bicyclic) bond motifs is 2. The smallest absolute Gasteiger partial charge is 0.228 e. The summed E-state index contributed by atoms with van der Waals surface area (Å²) in [5.74, 6) is 2.86. The van der Waals surface area contributed by atoms with Gasteiger partial charge in [-0.25, -0.2) is 0 Å². The number of nitrogens with one attached hydrogen (secondary N) is 1. The number of anilines is 1. The van der Waals surface area contributed by atoms with Gasteiger partial charge in [0.15, 0.2) is 11.9 Å². The number of nitrogens with zero attached hydrogens (tertiary/aromatic N) is 5. The molecule has 51 heavy (non-hydrogen) atoms. The lowest BCUT2D eigenvalue weighted by Crippen LogP contribution is -2.24. The molecule has 0 spiro atoms. The predicted molar refractivity (Wildman–Crippen MR) is 199 cm³/mol. The van der Waals surface area contributed by atoms with Gasteiger partial charge in [0.05, 0.1) is 36.5 Å². The number of aliphatic hydroxyl groups is 1. The minimum absolute atomic E-state index is 0.0774. The number of pyridine rings is 2. The van der Waals surface area contributed by atoms with E-state index in [2.05, 4.69) is 57.8 Å². The molecule has 2 aliphatic rings. The maximum atomic E-state index is 9.21. The molecule has 7 rings (SSSR count). The van der Waals surface area contributed by atoms with Crippen LogP contribution >= 0.6 is 0 Å². The van der Waals surface area contributed by atoms with Gasteiger partial charge in [-0.15, -0.1) is 0 Å². The van der Waals surface area contributed by atoms with Gasteiger partial charge in [0.1, 0.15) is 31.4 Å². The van der Waals surface area contributed by atoms with Crippen LogP contribution < -0.4 is 19.5 Å². The molecule has 5 aromatic rings. The fraction of sp³-hybridized carbons (Fsp3) is 0.474. The van der Waals surface area contributed by atoms with Gasteiger partial charge in [0, 0.05) is 56.6 Å². The van der Waals surface area contributed by atoms with E-state index in [0.717, 1.165) is 70.5 Å². The van der Waals surface area contributed by atoms with Crippen LogP contribution in [-0.2, 0) is 22.8 Å². The summed E-state index contributed by atoms with van der Waals surface area (Å²) in [4.78, 5) is 19.0. The fourth-order valence-electron chi connectivity index (χ4n) is 5.99. The van der Waals surface area contributed by atoms with Crippen LogP contribution in [-0.4, -0.2) is 76.9 Å². The number of hydrogen-bond acceptors (Lipinski definition) is 11. The number of hydrogen-bond donors (Lipinski definition) is 2. The molecule has 2 N–H and O–H groups in total. The van der Waals surface area contributed by atoms with E-state index < -0.39 is 8.07 Å². The van der Waals surface area contributed by atoms with E-state index in [1.165, 1.54) is 12.8 Å². The van der Waals surface area contributed by atoms with Crippen molar-refractivity contribution in [1.29, 1.82) is 0 Å². The van der Waals surface area contributed by atoms with Crippen LogP contribution in [0, 0.1) is 5.92 Å². The Balaban J connectivity index is 1.26. The van der Waals surface area contributed by atoms with Crippen LogP contribution in [0.5, 0.6) is 17.4 Å². The summed E-state index contributed by atoms with van der Waals surface area (Å²) in [6.07, 6.45) is 12.4. The van der Waals surface area contributed by atoms with E-state index in [4.69, 9.17) is 33.7 Å². The van der Waals surface area contributed by atoms with Crippen molar-refractivity contribution in [2.75, 3.05) is 38.3 Å². The normalized spacial score (nSPS) is 16.4. The van der Waals surface area contributed by atoms with Crippen LogP contribution in [0.2, 0.25) is 25.7 Å². The molecule has 1 saturated carbocycles. The lowest BCUT2D eigenvalue weighted by molar-refractivity contribution is -0.106. The average molecular weight is 713 g/mol. The summed E-state index contributed by atoms with van der Waals surface area (Å²) in [6, 6.07) is 11.2. The molecule has 1 saturated heterocycles. The highest BCUT2D eigenvalue weighted by Crippen LogP contribution is 2.38. The fourth-order valence-corrected chi connectivity index (χ4v) is 6.75. The average Bonchev–Trinajstić information content (AvgIpc) is 3.90. The molecule has 13 heteroatoms. The molecular formula is C38H48N6O6Si. The number of ether oxygens (including phenoxy) is 5. The van der Waals surface area contributed by atoms with Crippen LogP contribution in [0.1, 0.15) is 37.7 Å². The molecule has 2 fully saturated rings. The first-order valence-corrected chi connectivity index (χ1v) is 21.7. The Labute approximate surface area is 299 Å². The number of benzene rings is 1. The van der Waals surface area contributed by atoms with Gasteiger partial charge in [-0.3, -0.25) is 9.97 Å². The second kappa shape index (κ2) is 15.9. The van der Waals surface area contributed by atoms with Gasteiger partial charge in [-0.1, -0.05) is 25.7 Å². The zero-order chi connectivity index (χ0) is 35.2. The maximum absolute atomic E-state index is 9.21. The first kappa shape index (κ1) is 35.1. The molecule has 0 amide bonds. The summed E-state index contributed by atoms with van der Waals surface area (Å²) < 4.78 is 32.4. The molecule has 0 radical (unpaired) electrons. The zero-order valence-electron chi connectivity index (χ0n) is 29.8. The third-order valence-corrected chi connectivity index (χ3v) is 10.7. The third kappa shape index (κ3) is 9.33. The second-order valence-electron chi connectivity index (χ2n) is 14.6. The van der Waals surface area contributed by atoms with Gasteiger partial charge in [-0.05, 0) is 67.5 Å². The molecule has 4 aromatic heterocycles. The summed E-state index contributed by atoms with van der Waals surface area (Å²) >= 11 is 0. The Hall–Kier alpha value is -4.30. The summed E-state index contributed by atoms with van der Waals surface area (Å²) in [6.45, 7) is 9.94. The highest BCUT2D eigenvalue weighted by Gasteiger charge is 2.24. The Bertz CT molecular complexity index is 1940. The number of rotatable bonds is 17. The van der Waals surface area contributed by atoms with Crippen LogP contribution in [0.25, 0.3) is 33.1 Å². The van der Waals surface area contributed by atoms with Crippen molar-refractivity contribution in [1.82, 2.24) is 24.5 Å². The van der Waals surface area contributed by atoms with Crippen molar-refractivity contribution in [3.05, 3.63) is 60.7 Å². The summed E-state index contributed by atoms with van der Waals surface area (Å²) in [5.41, 5.74) is 4.29. The Morgan fingerprint density at radius 2 is 1.88 bits per heavy atom. The number of aromatic nitrogens is 5. The topological polar surface area (TPSA) is 135 Å². The number of aliphatic hydroxyl groups excluding tert-OH is 1. The largest absolute Gasteiger partial charge is 0.490 e. The molecule has 5 heterocycles. The monoisotopic (exact) mass is 712 g/mol. The minimum Gasteiger partial charge on any atom is -0.490 e. The predicted octanol–water partition coefficient (Wildman–Crippen LogP) is 7.03. The van der Waals surface area contributed by atoms with E-state index in [0.29, 0.717) is 49.2 Å². The highest BCUT2D eigenvalue weighted by molar-refractivity contribution is 6.76. The molecule has 1 atom stereocenters. The van der Waals surface area contributed by atoms with Gasteiger partial charge in [-0.2, -0.15) is 9.97 Å². The zero-order valence-corrected chi connectivity index (χ0v) is 30.8. The van der Waals surface area contributed by atoms with E-state index in [9.17, 15) is 5.11 Å². The standard InChI is InChI=1S/C38H48N6O6Si/c1-51(2,3)15-14-46-25-44-23-32(28-9-10-33-29(17-28)18-31(22-40-33)50-34-6-4-5-12-48-34)35-36(44)42-38(41-20-26-7-8-26)43-37(35)49-24-27-16-30(21-39-19-27)47-13-11-45/h9-10,16-19,21-23,26,34,45H,4-8,11-15,20,24-25H2,1-3H3,(H,41,42,43). The second-order valence-corrected chi connectivity index (χ2v) is 20.2. The highest BCUT2D eigenvalue weighted by atomic mass is 28.3. The van der Waals surface area contributed by atoms with Gasteiger partial charge in [0.25, 0.3) is 0 Å². The third-order valence-electron chi connectivity index (χ3n) is 9.03. The first-order valence-electron chi connectivity index (χ1n) is 18.0. The molecule has 1 aliphatic heterocycles. The molecule has 0 bridgehead atoms. The van der Waals surface area contributed by atoms with Gasteiger partial charge >= 0.3 is 0 Å². The summed E-state index contributed by atoms with van der Waals surface area (Å²) in [7, 11) is -1.27. The van der Waals surface area contributed by atoms with Crippen molar-refractivity contribution in [3.8, 4) is 28.5 Å². The SMILES string of the molecule is C[Si](C)(C)CCOCn1cc(-c2ccc3ncc(OC4CCCCO4)cc3c2)c2c(OCc3cncc(OCCO)c3)nc(NCC3CC3)nc21. The Kier molecular flexibility index (Phi) is 11.0. The molecular weight excluding hydrogens is 665 g/mol. The van der Waals surface area contributed by atoms with Crippen LogP contribution in [0.4, 0.5) is 5.95 Å². The van der Waals surface area contributed by atoms with E-state index in [-0.39, 0.29) is 26.1 Å².